The zero-order valence-corrected chi connectivity index (χ0v) is 16.8. The number of carbonyl (C=O) groups is 1. The largest absolute Gasteiger partial charge is 0.479 e. The quantitative estimate of drug-likeness (QED) is 0.613. The molecule has 1 atom stereocenters. The Morgan fingerprint density at radius 2 is 1.96 bits per heavy atom. The predicted octanol–water partition coefficient (Wildman–Crippen LogP) is 4.90. The number of thiazole rings is 1. The van der Waals surface area contributed by atoms with Crippen molar-refractivity contribution in [2.75, 3.05) is 6.54 Å². The lowest BCUT2D eigenvalue weighted by Crippen LogP contribution is -2.37. The third-order valence-corrected chi connectivity index (χ3v) is 5.29. The second kappa shape index (κ2) is 9.02. The molecule has 0 radical (unpaired) electrons. The van der Waals surface area contributed by atoms with Crippen LogP contribution in [0.4, 0.5) is 0 Å². The highest BCUT2D eigenvalue weighted by atomic mass is 35.5. The molecule has 27 heavy (non-hydrogen) atoms. The Hall–Kier alpha value is -2.37. The van der Waals surface area contributed by atoms with Crippen LogP contribution >= 0.6 is 22.9 Å². The van der Waals surface area contributed by atoms with Gasteiger partial charge in [0.15, 0.2) is 6.10 Å². The van der Waals surface area contributed by atoms with E-state index in [1.807, 2.05) is 17.5 Å². The SMILES string of the molecule is Cc1ccc(-c2nc(CCNC(=O)[C@@H](C)Oc3ccccc3Cl)cs2)cc1. The summed E-state index contributed by atoms with van der Waals surface area (Å²) in [4.78, 5) is 16.9. The number of benzene rings is 2. The summed E-state index contributed by atoms with van der Waals surface area (Å²) in [6.07, 6.45) is 0.0517. The molecule has 140 valence electrons. The highest BCUT2D eigenvalue weighted by Crippen LogP contribution is 2.25. The van der Waals surface area contributed by atoms with E-state index in [1.165, 1.54) is 5.56 Å². The smallest absolute Gasteiger partial charge is 0.260 e. The van der Waals surface area contributed by atoms with E-state index in [0.717, 1.165) is 16.3 Å². The maximum Gasteiger partial charge on any atom is 0.260 e. The van der Waals surface area contributed by atoms with Gasteiger partial charge in [-0.05, 0) is 26.0 Å². The van der Waals surface area contributed by atoms with Gasteiger partial charge in [0.1, 0.15) is 10.8 Å². The first-order chi connectivity index (χ1) is 13.0. The van der Waals surface area contributed by atoms with Gasteiger partial charge < -0.3 is 10.1 Å². The summed E-state index contributed by atoms with van der Waals surface area (Å²) in [5.41, 5.74) is 3.31. The number of amides is 1. The number of rotatable bonds is 7. The van der Waals surface area contributed by atoms with Crippen LogP contribution in [0.2, 0.25) is 5.02 Å². The molecule has 0 saturated heterocycles. The molecule has 0 aliphatic carbocycles. The van der Waals surface area contributed by atoms with E-state index >= 15 is 0 Å². The fraction of sp³-hybridized carbons (Fsp3) is 0.238. The second-order valence-corrected chi connectivity index (χ2v) is 7.51. The number of carbonyl (C=O) groups excluding carboxylic acids is 1. The van der Waals surface area contributed by atoms with Crippen molar-refractivity contribution in [3.63, 3.8) is 0 Å². The molecule has 0 spiro atoms. The lowest BCUT2D eigenvalue weighted by Gasteiger charge is -2.15. The lowest BCUT2D eigenvalue weighted by atomic mass is 10.2. The number of ether oxygens (including phenoxy) is 1. The molecule has 0 aliphatic heterocycles. The first kappa shape index (κ1) is 19.4. The molecule has 0 unspecified atom stereocenters. The van der Waals surface area contributed by atoms with Crippen molar-refractivity contribution >= 4 is 28.8 Å². The molecule has 0 saturated carbocycles. The summed E-state index contributed by atoms with van der Waals surface area (Å²) in [5, 5.41) is 6.40. The molecule has 4 nitrogen and oxygen atoms in total. The molecule has 2 aromatic carbocycles. The standard InChI is InChI=1S/C21H21ClN2O2S/c1-14-7-9-16(10-8-14)21-24-17(13-27-21)11-12-23-20(25)15(2)26-19-6-4-3-5-18(19)22/h3-10,13,15H,11-12H2,1-2H3,(H,23,25)/t15-/m1/s1. The van der Waals surface area contributed by atoms with Gasteiger partial charge in [-0.3, -0.25) is 4.79 Å². The van der Waals surface area contributed by atoms with Crippen LogP contribution in [0.3, 0.4) is 0 Å². The van der Waals surface area contributed by atoms with Crippen molar-refractivity contribution in [3.8, 4) is 16.3 Å². The highest BCUT2D eigenvalue weighted by Gasteiger charge is 2.15. The molecule has 0 fully saturated rings. The molecular weight excluding hydrogens is 380 g/mol. The normalized spacial score (nSPS) is 11.8. The van der Waals surface area contributed by atoms with E-state index in [4.69, 9.17) is 16.3 Å². The molecule has 6 heteroatoms. The van der Waals surface area contributed by atoms with E-state index in [-0.39, 0.29) is 5.91 Å². The van der Waals surface area contributed by atoms with E-state index in [0.29, 0.717) is 23.7 Å². The molecular formula is C21H21ClN2O2S. The molecule has 0 bridgehead atoms. The van der Waals surface area contributed by atoms with Crippen LogP contribution in [0.1, 0.15) is 18.2 Å². The van der Waals surface area contributed by atoms with Crippen LogP contribution in [0.15, 0.2) is 53.9 Å². The van der Waals surface area contributed by atoms with Crippen LogP contribution < -0.4 is 10.1 Å². The Morgan fingerprint density at radius 3 is 2.70 bits per heavy atom. The Labute approximate surface area is 168 Å². The summed E-state index contributed by atoms with van der Waals surface area (Å²) in [6.45, 7) is 4.28. The molecule has 1 N–H and O–H groups in total. The van der Waals surface area contributed by atoms with Gasteiger partial charge >= 0.3 is 0 Å². The van der Waals surface area contributed by atoms with Crippen LogP contribution in [0, 0.1) is 6.92 Å². The third kappa shape index (κ3) is 5.31. The minimum atomic E-state index is -0.622. The zero-order valence-electron chi connectivity index (χ0n) is 15.2. The summed E-state index contributed by atoms with van der Waals surface area (Å²) in [5.74, 6) is 0.327. The Bertz CT molecular complexity index is 909. The number of para-hydroxylation sites is 1. The van der Waals surface area contributed by atoms with Gasteiger partial charge in [-0.2, -0.15) is 0 Å². The highest BCUT2D eigenvalue weighted by molar-refractivity contribution is 7.13. The molecule has 3 rings (SSSR count). The van der Waals surface area contributed by atoms with Crippen LogP contribution in [-0.4, -0.2) is 23.5 Å². The van der Waals surface area contributed by atoms with Crippen LogP contribution in [-0.2, 0) is 11.2 Å². The number of aryl methyl sites for hydroxylation is 1. The molecule has 1 aromatic heterocycles. The molecule has 0 aliphatic rings. The van der Waals surface area contributed by atoms with E-state index in [9.17, 15) is 4.79 Å². The van der Waals surface area contributed by atoms with E-state index in [2.05, 4.69) is 41.5 Å². The number of nitrogens with zero attached hydrogens (tertiary/aromatic N) is 1. The average Bonchev–Trinajstić information content (AvgIpc) is 3.13. The minimum absolute atomic E-state index is 0.177. The van der Waals surface area contributed by atoms with E-state index < -0.39 is 6.10 Å². The van der Waals surface area contributed by atoms with Crippen molar-refractivity contribution in [2.45, 2.75) is 26.4 Å². The predicted molar refractivity (Wildman–Crippen MR) is 111 cm³/mol. The fourth-order valence-corrected chi connectivity index (χ4v) is 3.53. The van der Waals surface area contributed by atoms with Gasteiger partial charge in [0.05, 0.1) is 10.7 Å². The Balaban J connectivity index is 1.49. The number of hydrogen-bond donors (Lipinski definition) is 1. The average molecular weight is 401 g/mol. The van der Waals surface area contributed by atoms with Crippen molar-refractivity contribution in [1.29, 1.82) is 0 Å². The van der Waals surface area contributed by atoms with Gasteiger partial charge in [-0.15, -0.1) is 11.3 Å². The zero-order chi connectivity index (χ0) is 19.2. The Morgan fingerprint density at radius 1 is 1.22 bits per heavy atom. The van der Waals surface area contributed by atoms with Crippen molar-refractivity contribution in [3.05, 3.63) is 70.2 Å². The lowest BCUT2D eigenvalue weighted by molar-refractivity contribution is -0.127. The van der Waals surface area contributed by atoms with Gasteiger partial charge in [-0.1, -0.05) is 53.6 Å². The summed E-state index contributed by atoms with van der Waals surface area (Å²) in [7, 11) is 0. The maximum atomic E-state index is 12.2. The van der Waals surface area contributed by atoms with Gasteiger partial charge in [-0.25, -0.2) is 4.98 Å². The van der Waals surface area contributed by atoms with Crippen molar-refractivity contribution in [1.82, 2.24) is 10.3 Å². The first-order valence-electron chi connectivity index (χ1n) is 8.73. The number of hydrogen-bond acceptors (Lipinski definition) is 4. The third-order valence-electron chi connectivity index (χ3n) is 4.04. The van der Waals surface area contributed by atoms with Gasteiger partial charge in [0, 0.05) is 23.9 Å². The monoisotopic (exact) mass is 400 g/mol. The molecule has 1 amide bonds. The number of halogens is 1. The number of nitrogens with one attached hydrogen (secondary N) is 1. The Kier molecular flexibility index (Phi) is 6.48. The molecule has 3 aromatic rings. The summed E-state index contributed by atoms with van der Waals surface area (Å²) < 4.78 is 5.62. The minimum Gasteiger partial charge on any atom is -0.479 e. The first-order valence-corrected chi connectivity index (χ1v) is 9.99. The van der Waals surface area contributed by atoms with Crippen LogP contribution in [0.5, 0.6) is 5.75 Å². The number of aromatic nitrogens is 1. The van der Waals surface area contributed by atoms with Gasteiger partial charge in [0.2, 0.25) is 0 Å². The van der Waals surface area contributed by atoms with Crippen molar-refractivity contribution < 1.29 is 9.53 Å². The summed E-state index contributed by atoms with van der Waals surface area (Å²) in [6, 6.07) is 15.4. The van der Waals surface area contributed by atoms with Crippen LogP contribution in [0.25, 0.3) is 10.6 Å². The molecule has 1 heterocycles. The van der Waals surface area contributed by atoms with Gasteiger partial charge in [0.25, 0.3) is 5.91 Å². The van der Waals surface area contributed by atoms with E-state index in [1.54, 1.807) is 30.4 Å². The second-order valence-electron chi connectivity index (χ2n) is 6.24. The fourth-order valence-electron chi connectivity index (χ4n) is 2.49. The summed E-state index contributed by atoms with van der Waals surface area (Å²) >= 11 is 7.67. The maximum absolute atomic E-state index is 12.2. The topological polar surface area (TPSA) is 51.2 Å². The van der Waals surface area contributed by atoms with Crippen molar-refractivity contribution in [2.24, 2.45) is 0 Å².